The Labute approximate surface area is 191 Å². The zero-order valence-electron chi connectivity index (χ0n) is 18.4. The summed E-state index contributed by atoms with van der Waals surface area (Å²) in [5.41, 5.74) is 4.92. The van der Waals surface area contributed by atoms with Crippen molar-refractivity contribution in [2.45, 2.75) is 24.3 Å². The van der Waals surface area contributed by atoms with Gasteiger partial charge in [-0.15, -0.1) is 10.2 Å². The van der Waals surface area contributed by atoms with Gasteiger partial charge in [-0.05, 0) is 47.4 Å². The van der Waals surface area contributed by atoms with E-state index >= 15 is 0 Å². The fourth-order valence-corrected chi connectivity index (χ4v) is 4.92. The molecule has 7 nitrogen and oxygen atoms in total. The third-order valence-electron chi connectivity index (χ3n) is 5.49. The summed E-state index contributed by atoms with van der Waals surface area (Å²) in [4.78, 5) is 0. The summed E-state index contributed by atoms with van der Waals surface area (Å²) < 4.78 is 9.01. The molecule has 1 aliphatic heterocycles. The number of aryl methyl sites for hydroxylation is 1. The van der Waals surface area contributed by atoms with Gasteiger partial charge in [-0.1, -0.05) is 55.9 Å². The first kappa shape index (κ1) is 20.5. The van der Waals surface area contributed by atoms with Crippen LogP contribution in [0.25, 0.3) is 22.8 Å². The first-order chi connectivity index (χ1) is 15.5. The first-order valence-corrected chi connectivity index (χ1v) is 11.4. The van der Waals surface area contributed by atoms with Crippen LogP contribution in [0.1, 0.15) is 19.4 Å². The van der Waals surface area contributed by atoms with Gasteiger partial charge in [0.25, 0.3) is 0 Å². The van der Waals surface area contributed by atoms with E-state index in [0.29, 0.717) is 11.7 Å². The molecule has 32 heavy (non-hydrogen) atoms. The second-order valence-corrected chi connectivity index (χ2v) is 9.13. The van der Waals surface area contributed by atoms with Gasteiger partial charge in [-0.2, -0.15) is 14.9 Å². The van der Waals surface area contributed by atoms with Gasteiger partial charge in [0.2, 0.25) is 11.0 Å². The van der Waals surface area contributed by atoms with Gasteiger partial charge >= 0.3 is 0 Å². The van der Waals surface area contributed by atoms with Crippen molar-refractivity contribution >= 4 is 17.5 Å². The lowest BCUT2D eigenvalue weighted by molar-refractivity contribution is 0.415. The first-order valence-electron chi connectivity index (χ1n) is 10.5. The van der Waals surface area contributed by atoms with E-state index in [9.17, 15) is 0 Å². The number of methoxy groups -OCH3 is 1. The zero-order valence-corrected chi connectivity index (χ0v) is 19.2. The molecule has 1 unspecified atom stereocenters. The van der Waals surface area contributed by atoms with Gasteiger partial charge in [0.15, 0.2) is 0 Å². The molecule has 4 aromatic rings. The Bertz CT molecular complexity index is 1270. The second kappa shape index (κ2) is 8.27. The van der Waals surface area contributed by atoms with Crippen LogP contribution in [0.15, 0.2) is 70.9 Å². The standard InChI is InChI=1S/C24H24N6OS/c1-15(2)22-21(17-10-12-18(31-4)13-11-17)28-30-23(25-26-24(30)32-22)19-14-20(29(3)27-19)16-8-6-5-7-9-16/h5-15,22H,1-4H3. The van der Waals surface area contributed by atoms with Crippen LogP contribution in [-0.2, 0) is 7.05 Å². The molecule has 8 heteroatoms. The molecule has 0 bridgehead atoms. The highest BCUT2D eigenvalue weighted by atomic mass is 32.2. The molecule has 0 radical (unpaired) electrons. The molecule has 162 valence electrons. The monoisotopic (exact) mass is 444 g/mol. The summed E-state index contributed by atoms with van der Waals surface area (Å²) in [6.07, 6.45) is 0. The van der Waals surface area contributed by atoms with Crippen molar-refractivity contribution in [3.8, 4) is 28.5 Å². The Balaban J connectivity index is 1.59. The summed E-state index contributed by atoms with van der Waals surface area (Å²) in [6.45, 7) is 4.41. The normalized spacial score (nSPS) is 15.5. The van der Waals surface area contributed by atoms with Crippen LogP contribution in [0, 0.1) is 5.92 Å². The zero-order chi connectivity index (χ0) is 22.2. The van der Waals surface area contributed by atoms with Gasteiger partial charge in [0.1, 0.15) is 11.4 Å². The number of thioether (sulfide) groups is 1. The molecule has 5 rings (SSSR count). The molecule has 0 saturated heterocycles. The third-order valence-corrected chi connectivity index (χ3v) is 6.98. The molecule has 0 amide bonds. The van der Waals surface area contributed by atoms with Crippen molar-refractivity contribution < 1.29 is 4.74 Å². The van der Waals surface area contributed by atoms with Gasteiger partial charge in [0, 0.05) is 7.05 Å². The van der Waals surface area contributed by atoms with Gasteiger partial charge in [-0.3, -0.25) is 4.68 Å². The average molecular weight is 445 g/mol. The molecule has 0 spiro atoms. The molecular weight excluding hydrogens is 420 g/mol. The van der Waals surface area contributed by atoms with Crippen molar-refractivity contribution in [2.24, 2.45) is 18.1 Å². The topological polar surface area (TPSA) is 70.1 Å². The van der Waals surface area contributed by atoms with Crippen molar-refractivity contribution in [3.63, 3.8) is 0 Å². The number of hydrogen-bond acceptors (Lipinski definition) is 6. The lowest BCUT2D eigenvalue weighted by Crippen LogP contribution is -2.28. The number of rotatable bonds is 5. The second-order valence-electron chi connectivity index (χ2n) is 8.02. The highest BCUT2D eigenvalue weighted by molar-refractivity contribution is 8.00. The predicted molar refractivity (Wildman–Crippen MR) is 127 cm³/mol. The van der Waals surface area contributed by atoms with Crippen LogP contribution in [0.4, 0.5) is 0 Å². The number of hydrogen-bond donors (Lipinski definition) is 0. The van der Waals surface area contributed by atoms with Gasteiger partial charge < -0.3 is 4.74 Å². The molecule has 0 aliphatic carbocycles. The fraction of sp³-hybridized carbons (Fsp3) is 0.250. The van der Waals surface area contributed by atoms with Crippen LogP contribution in [0.3, 0.4) is 0 Å². The van der Waals surface area contributed by atoms with Crippen LogP contribution >= 0.6 is 11.8 Å². The van der Waals surface area contributed by atoms with Crippen LogP contribution in [0.2, 0.25) is 0 Å². The van der Waals surface area contributed by atoms with E-state index in [1.165, 1.54) is 0 Å². The quantitative estimate of drug-likeness (QED) is 0.445. The molecule has 0 N–H and O–H groups in total. The van der Waals surface area contributed by atoms with Gasteiger partial charge in [-0.25, -0.2) is 0 Å². The summed E-state index contributed by atoms with van der Waals surface area (Å²) in [6, 6.07) is 20.3. The Morgan fingerprint density at radius 3 is 2.41 bits per heavy atom. The number of ether oxygens (including phenoxy) is 1. The number of benzene rings is 2. The van der Waals surface area contributed by atoms with Crippen LogP contribution in [-0.4, -0.2) is 42.7 Å². The van der Waals surface area contributed by atoms with Crippen LogP contribution in [0.5, 0.6) is 5.75 Å². The summed E-state index contributed by atoms with van der Waals surface area (Å²) in [7, 11) is 3.61. The van der Waals surface area contributed by atoms with E-state index in [4.69, 9.17) is 14.9 Å². The van der Waals surface area contributed by atoms with Crippen molar-refractivity contribution in [3.05, 3.63) is 66.2 Å². The molecule has 0 saturated carbocycles. The van der Waals surface area contributed by atoms with Crippen molar-refractivity contribution in [1.82, 2.24) is 24.7 Å². The van der Waals surface area contributed by atoms with E-state index in [0.717, 1.165) is 39.1 Å². The van der Waals surface area contributed by atoms with E-state index in [1.807, 2.05) is 52.8 Å². The number of aromatic nitrogens is 5. The lowest BCUT2D eigenvalue weighted by Gasteiger charge is -2.26. The Morgan fingerprint density at radius 1 is 0.969 bits per heavy atom. The van der Waals surface area contributed by atoms with E-state index in [2.05, 4.69) is 48.3 Å². The molecular formula is C24H24N6OS. The fourth-order valence-electron chi connectivity index (χ4n) is 3.81. The number of fused-ring (bicyclic) bond motifs is 1. The van der Waals surface area contributed by atoms with E-state index in [-0.39, 0.29) is 5.25 Å². The molecule has 1 aliphatic rings. The Kier molecular flexibility index (Phi) is 5.30. The Morgan fingerprint density at radius 2 is 1.72 bits per heavy atom. The summed E-state index contributed by atoms with van der Waals surface area (Å²) in [5, 5.41) is 19.6. The maximum atomic E-state index is 5.32. The molecule has 0 fully saturated rings. The maximum Gasteiger partial charge on any atom is 0.213 e. The Hall–Kier alpha value is -3.39. The van der Waals surface area contributed by atoms with Crippen molar-refractivity contribution in [1.29, 1.82) is 0 Å². The van der Waals surface area contributed by atoms with Crippen LogP contribution < -0.4 is 4.74 Å². The minimum absolute atomic E-state index is 0.177. The maximum absolute atomic E-state index is 5.32. The van der Waals surface area contributed by atoms with Crippen molar-refractivity contribution in [2.75, 3.05) is 7.11 Å². The molecule has 2 aromatic carbocycles. The van der Waals surface area contributed by atoms with E-state index in [1.54, 1.807) is 18.9 Å². The molecule has 1 atom stereocenters. The summed E-state index contributed by atoms with van der Waals surface area (Å²) in [5.74, 6) is 1.85. The molecule has 3 heterocycles. The predicted octanol–water partition coefficient (Wildman–Crippen LogP) is 4.74. The SMILES string of the molecule is COc1ccc(C2=Nn3c(nnc3-c3cc(-c4ccccc4)n(C)n3)SC2C(C)C)cc1. The largest absolute Gasteiger partial charge is 0.497 e. The third kappa shape index (κ3) is 3.60. The average Bonchev–Trinajstić information content (AvgIpc) is 3.41. The smallest absolute Gasteiger partial charge is 0.213 e. The number of nitrogens with zero attached hydrogens (tertiary/aromatic N) is 6. The minimum Gasteiger partial charge on any atom is -0.497 e. The van der Waals surface area contributed by atoms with Gasteiger partial charge in [0.05, 0.1) is 23.8 Å². The van der Waals surface area contributed by atoms with E-state index < -0.39 is 0 Å². The highest BCUT2D eigenvalue weighted by Crippen LogP contribution is 2.36. The minimum atomic E-state index is 0.177. The lowest BCUT2D eigenvalue weighted by atomic mass is 9.99. The summed E-state index contributed by atoms with van der Waals surface area (Å²) >= 11 is 1.69. The highest BCUT2D eigenvalue weighted by Gasteiger charge is 2.31. The molecule has 2 aromatic heterocycles.